The number of benzene rings is 1. The molecule has 0 bridgehead atoms. The van der Waals surface area contributed by atoms with Crippen LogP contribution in [0.15, 0.2) is 35.1 Å². The first-order valence-corrected chi connectivity index (χ1v) is 5.94. The van der Waals surface area contributed by atoms with Gasteiger partial charge in [0, 0.05) is 10.5 Å². The van der Waals surface area contributed by atoms with E-state index in [2.05, 4.69) is 31.2 Å². The van der Waals surface area contributed by atoms with Crippen LogP contribution in [0.1, 0.15) is 0 Å². The van der Waals surface area contributed by atoms with E-state index < -0.39 is 0 Å². The molecule has 0 spiro atoms. The van der Waals surface area contributed by atoms with Crippen molar-refractivity contribution in [1.29, 1.82) is 0 Å². The number of nitrogens with one attached hydrogen (secondary N) is 1. The number of halogens is 2. The van der Waals surface area contributed by atoms with Gasteiger partial charge in [-0.25, -0.2) is 4.98 Å². The predicted molar refractivity (Wildman–Crippen MR) is 71.0 cm³/mol. The van der Waals surface area contributed by atoms with Gasteiger partial charge in [-0.15, -0.1) is 0 Å². The first kappa shape index (κ1) is 12.1. The summed E-state index contributed by atoms with van der Waals surface area (Å²) in [6, 6.07) is 5.60. The van der Waals surface area contributed by atoms with Crippen LogP contribution in [-0.4, -0.2) is 17.1 Å². The Hall–Kier alpha value is -1.33. The molecule has 0 atom stereocenters. The van der Waals surface area contributed by atoms with Gasteiger partial charge in [0.1, 0.15) is 10.9 Å². The minimum atomic E-state index is 0.342. The second kappa shape index (κ2) is 5.33. The Morgan fingerprint density at radius 2 is 2.18 bits per heavy atom. The maximum Gasteiger partial charge on any atom is 0.150 e. The number of methoxy groups -OCH3 is 1. The Bertz CT molecular complexity index is 536. The van der Waals surface area contributed by atoms with Crippen molar-refractivity contribution in [3.63, 3.8) is 0 Å². The first-order valence-electron chi connectivity index (χ1n) is 4.77. The molecule has 0 aliphatic rings. The molecule has 2 aromatic rings. The molecule has 0 unspecified atom stereocenters. The van der Waals surface area contributed by atoms with Crippen molar-refractivity contribution < 1.29 is 4.74 Å². The van der Waals surface area contributed by atoms with Crippen LogP contribution < -0.4 is 10.1 Å². The second-order valence-electron chi connectivity index (χ2n) is 3.20. The fourth-order valence-corrected chi connectivity index (χ4v) is 1.76. The van der Waals surface area contributed by atoms with Crippen LogP contribution in [0, 0.1) is 0 Å². The summed E-state index contributed by atoms with van der Waals surface area (Å²) in [6.45, 7) is 0. The van der Waals surface area contributed by atoms with Gasteiger partial charge < -0.3 is 10.1 Å². The third kappa shape index (κ3) is 3.08. The van der Waals surface area contributed by atoms with Crippen LogP contribution in [0.2, 0.25) is 5.15 Å². The van der Waals surface area contributed by atoms with E-state index in [1.807, 2.05) is 18.2 Å². The highest BCUT2D eigenvalue weighted by atomic mass is 79.9. The lowest BCUT2D eigenvalue weighted by atomic mass is 10.3. The number of hydrogen-bond donors (Lipinski definition) is 1. The predicted octanol–water partition coefficient (Wildman–Crippen LogP) is 3.64. The molecule has 0 amide bonds. The Labute approximate surface area is 112 Å². The van der Waals surface area contributed by atoms with Gasteiger partial charge >= 0.3 is 0 Å². The zero-order chi connectivity index (χ0) is 12.3. The lowest BCUT2D eigenvalue weighted by Gasteiger charge is -2.09. The van der Waals surface area contributed by atoms with E-state index in [9.17, 15) is 0 Å². The molecule has 2 rings (SSSR count). The molecular formula is C11H9BrClN3O. The summed E-state index contributed by atoms with van der Waals surface area (Å²) >= 11 is 9.20. The van der Waals surface area contributed by atoms with Crippen molar-refractivity contribution in [2.45, 2.75) is 0 Å². The zero-order valence-corrected chi connectivity index (χ0v) is 11.3. The third-order valence-electron chi connectivity index (χ3n) is 2.04. The molecule has 88 valence electrons. The Morgan fingerprint density at radius 3 is 2.88 bits per heavy atom. The molecule has 0 saturated heterocycles. The number of anilines is 2. The van der Waals surface area contributed by atoms with E-state index in [1.165, 1.54) is 6.20 Å². The third-order valence-corrected chi connectivity index (χ3v) is 2.92. The van der Waals surface area contributed by atoms with Gasteiger partial charge in [0.15, 0.2) is 5.82 Å². The summed E-state index contributed by atoms with van der Waals surface area (Å²) < 4.78 is 6.05. The van der Waals surface area contributed by atoms with E-state index >= 15 is 0 Å². The number of hydrogen-bond acceptors (Lipinski definition) is 4. The van der Waals surface area contributed by atoms with Crippen molar-refractivity contribution in [2.75, 3.05) is 12.4 Å². The standard InChI is InChI=1S/C11H9BrClN3O/c1-17-7-2-3-8(12)9(4-7)15-11-6-14-5-10(13)16-11/h2-6H,1H3,(H,15,16). The average molecular weight is 315 g/mol. The van der Waals surface area contributed by atoms with Crippen LogP contribution in [-0.2, 0) is 0 Å². The molecule has 1 heterocycles. The van der Waals surface area contributed by atoms with Crippen LogP contribution in [0.5, 0.6) is 5.75 Å². The maximum atomic E-state index is 5.76. The average Bonchev–Trinajstić information content (AvgIpc) is 2.32. The van der Waals surface area contributed by atoms with Gasteiger partial charge in [0.2, 0.25) is 0 Å². The molecular weight excluding hydrogens is 305 g/mol. The SMILES string of the molecule is COc1ccc(Br)c(Nc2cncc(Cl)n2)c1. The van der Waals surface area contributed by atoms with Crippen molar-refractivity contribution in [2.24, 2.45) is 0 Å². The van der Waals surface area contributed by atoms with Gasteiger partial charge in [-0.3, -0.25) is 4.98 Å². The summed E-state index contributed by atoms with van der Waals surface area (Å²) in [5.41, 5.74) is 0.834. The Balaban J connectivity index is 2.29. The van der Waals surface area contributed by atoms with Gasteiger partial charge in [-0.1, -0.05) is 11.6 Å². The van der Waals surface area contributed by atoms with Gasteiger partial charge in [0.05, 0.1) is 25.2 Å². The maximum absolute atomic E-state index is 5.76. The van der Waals surface area contributed by atoms with E-state index in [1.54, 1.807) is 13.3 Å². The van der Waals surface area contributed by atoms with E-state index in [-0.39, 0.29) is 0 Å². The summed E-state index contributed by atoms with van der Waals surface area (Å²) in [5, 5.41) is 3.44. The number of ether oxygens (including phenoxy) is 1. The molecule has 17 heavy (non-hydrogen) atoms. The van der Waals surface area contributed by atoms with Crippen LogP contribution >= 0.6 is 27.5 Å². The van der Waals surface area contributed by atoms with Crippen molar-refractivity contribution in [3.05, 3.63) is 40.2 Å². The fraction of sp³-hybridized carbons (Fsp3) is 0.0909. The van der Waals surface area contributed by atoms with Gasteiger partial charge in [-0.05, 0) is 28.1 Å². The summed E-state index contributed by atoms with van der Waals surface area (Å²) in [4.78, 5) is 8.04. The number of nitrogens with zero attached hydrogens (tertiary/aromatic N) is 2. The largest absolute Gasteiger partial charge is 0.497 e. The summed E-state index contributed by atoms with van der Waals surface area (Å²) in [6.07, 6.45) is 3.07. The number of aromatic nitrogens is 2. The molecule has 1 N–H and O–H groups in total. The first-order chi connectivity index (χ1) is 8.19. The summed E-state index contributed by atoms with van der Waals surface area (Å²) in [7, 11) is 1.62. The van der Waals surface area contributed by atoms with Crippen LogP contribution in [0.4, 0.5) is 11.5 Å². The zero-order valence-electron chi connectivity index (χ0n) is 8.95. The van der Waals surface area contributed by atoms with Crippen molar-refractivity contribution in [1.82, 2.24) is 9.97 Å². The molecule has 0 saturated carbocycles. The topological polar surface area (TPSA) is 47.0 Å². The molecule has 0 fully saturated rings. The van der Waals surface area contributed by atoms with Crippen LogP contribution in [0.25, 0.3) is 0 Å². The second-order valence-corrected chi connectivity index (χ2v) is 4.44. The normalized spacial score (nSPS) is 10.1. The molecule has 1 aromatic heterocycles. The Kier molecular flexibility index (Phi) is 3.81. The molecule has 1 aromatic carbocycles. The molecule has 6 heteroatoms. The molecule has 0 radical (unpaired) electrons. The highest BCUT2D eigenvalue weighted by Crippen LogP contribution is 2.29. The van der Waals surface area contributed by atoms with Gasteiger partial charge in [-0.2, -0.15) is 0 Å². The Morgan fingerprint density at radius 1 is 1.35 bits per heavy atom. The van der Waals surface area contributed by atoms with Crippen molar-refractivity contribution >= 4 is 39.0 Å². The summed E-state index contributed by atoms with van der Waals surface area (Å²) in [5.74, 6) is 1.33. The fourth-order valence-electron chi connectivity index (χ4n) is 1.27. The van der Waals surface area contributed by atoms with Gasteiger partial charge in [0.25, 0.3) is 0 Å². The quantitative estimate of drug-likeness (QED) is 0.939. The molecule has 0 aliphatic heterocycles. The number of rotatable bonds is 3. The van der Waals surface area contributed by atoms with Crippen molar-refractivity contribution in [3.8, 4) is 5.75 Å². The lowest BCUT2D eigenvalue weighted by Crippen LogP contribution is -1.96. The smallest absolute Gasteiger partial charge is 0.150 e. The highest BCUT2D eigenvalue weighted by Gasteiger charge is 2.04. The van der Waals surface area contributed by atoms with E-state index in [0.29, 0.717) is 11.0 Å². The van der Waals surface area contributed by atoms with E-state index in [0.717, 1.165) is 15.9 Å². The minimum absolute atomic E-state index is 0.342. The lowest BCUT2D eigenvalue weighted by molar-refractivity contribution is 0.415. The minimum Gasteiger partial charge on any atom is -0.497 e. The monoisotopic (exact) mass is 313 g/mol. The van der Waals surface area contributed by atoms with Crippen LogP contribution in [0.3, 0.4) is 0 Å². The van der Waals surface area contributed by atoms with E-state index in [4.69, 9.17) is 16.3 Å². The molecule has 0 aliphatic carbocycles. The molecule has 4 nitrogen and oxygen atoms in total. The highest BCUT2D eigenvalue weighted by molar-refractivity contribution is 9.10.